The van der Waals surface area contributed by atoms with E-state index in [2.05, 4.69) is 13.0 Å². The Kier molecular flexibility index (Phi) is 8.58. The molecule has 0 nitrogen and oxygen atoms in total. The van der Waals surface area contributed by atoms with Crippen LogP contribution in [0.25, 0.3) is 0 Å². The Hall–Kier alpha value is -1.39. The molecule has 5 heteroatoms. The summed E-state index contributed by atoms with van der Waals surface area (Å²) in [6.45, 7) is 2.29. The molecule has 0 radical (unpaired) electrons. The lowest BCUT2D eigenvalue weighted by Gasteiger charge is -2.27. The van der Waals surface area contributed by atoms with Crippen LogP contribution in [0, 0.1) is 23.6 Å². The molecule has 2 fully saturated rings. The summed E-state index contributed by atoms with van der Waals surface area (Å²) in [6.07, 6.45) is 7.22. The van der Waals surface area contributed by atoms with Crippen molar-refractivity contribution in [2.75, 3.05) is 0 Å². The summed E-state index contributed by atoms with van der Waals surface area (Å²) in [5, 5.41) is 0. The first kappa shape index (κ1) is 24.3. The van der Waals surface area contributed by atoms with E-state index in [1.807, 2.05) is 6.07 Å². The van der Waals surface area contributed by atoms with Gasteiger partial charge >= 0.3 is 6.18 Å². The third-order valence-corrected chi connectivity index (χ3v) is 7.42. The third kappa shape index (κ3) is 7.32. The van der Waals surface area contributed by atoms with Crippen molar-refractivity contribution in [3.63, 3.8) is 0 Å². The van der Waals surface area contributed by atoms with Crippen LogP contribution in [-0.2, 0) is 6.42 Å². The van der Waals surface area contributed by atoms with Crippen molar-refractivity contribution >= 4 is 0 Å². The van der Waals surface area contributed by atoms with Gasteiger partial charge in [0.15, 0.2) is 5.83 Å². The monoisotopic (exact) mass is 442 g/mol. The molecule has 0 heterocycles. The lowest BCUT2D eigenvalue weighted by atomic mass is 9.79. The van der Waals surface area contributed by atoms with Crippen molar-refractivity contribution in [1.82, 2.24) is 0 Å². The molecular formula is C26H35F5. The van der Waals surface area contributed by atoms with Gasteiger partial charge in [0, 0.05) is 0 Å². The first-order chi connectivity index (χ1) is 14.7. The van der Waals surface area contributed by atoms with Crippen LogP contribution >= 0.6 is 0 Å². The van der Waals surface area contributed by atoms with Gasteiger partial charge in [-0.3, -0.25) is 0 Å². The lowest BCUT2D eigenvalue weighted by molar-refractivity contribution is -0.109. The molecule has 1 aromatic rings. The highest BCUT2D eigenvalue weighted by molar-refractivity contribution is 5.27. The standard InChI is InChI=1S/C26H35F5/c1-18-6-12-21(13-7-18)23-15-14-22(24(27)17-23)5-3-2-4-19-8-10-20(11-9-19)16-25(28)26(29,30)31/h14-21H,2-13H2,1H3. The van der Waals surface area contributed by atoms with E-state index in [0.29, 0.717) is 24.7 Å². The summed E-state index contributed by atoms with van der Waals surface area (Å²) in [4.78, 5) is 0. The molecule has 2 aliphatic carbocycles. The van der Waals surface area contributed by atoms with Gasteiger partial charge in [0.2, 0.25) is 0 Å². The maximum absolute atomic E-state index is 14.6. The van der Waals surface area contributed by atoms with E-state index in [9.17, 15) is 22.0 Å². The van der Waals surface area contributed by atoms with E-state index in [4.69, 9.17) is 0 Å². The molecule has 31 heavy (non-hydrogen) atoms. The van der Waals surface area contributed by atoms with Crippen molar-refractivity contribution in [3.05, 3.63) is 47.0 Å². The highest BCUT2D eigenvalue weighted by atomic mass is 19.4. The number of hydrogen-bond donors (Lipinski definition) is 0. The van der Waals surface area contributed by atoms with Crippen molar-refractivity contribution < 1.29 is 22.0 Å². The fourth-order valence-electron chi connectivity index (χ4n) is 5.31. The molecule has 0 aliphatic heterocycles. The zero-order chi connectivity index (χ0) is 22.4. The number of aryl methyl sites for hydroxylation is 1. The molecule has 0 atom stereocenters. The first-order valence-electron chi connectivity index (χ1n) is 11.9. The zero-order valence-corrected chi connectivity index (χ0v) is 18.5. The molecule has 0 amide bonds. The van der Waals surface area contributed by atoms with E-state index in [1.54, 1.807) is 6.07 Å². The van der Waals surface area contributed by atoms with E-state index >= 15 is 0 Å². The Morgan fingerprint density at radius 1 is 0.968 bits per heavy atom. The van der Waals surface area contributed by atoms with Gasteiger partial charge in [-0.15, -0.1) is 0 Å². The second-order valence-corrected chi connectivity index (χ2v) is 9.85. The number of unbranched alkanes of at least 4 members (excludes halogenated alkanes) is 1. The Morgan fingerprint density at radius 2 is 1.65 bits per heavy atom. The minimum Gasteiger partial charge on any atom is -0.207 e. The van der Waals surface area contributed by atoms with Gasteiger partial charge in [0.1, 0.15) is 5.82 Å². The number of rotatable bonds is 7. The predicted octanol–water partition coefficient (Wildman–Crippen LogP) is 9.05. The number of benzene rings is 1. The van der Waals surface area contributed by atoms with Crippen molar-refractivity contribution in [1.29, 1.82) is 0 Å². The molecule has 0 unspecified atom stereocenters. The summed E-state index contributed by atoms with van der Waals surface area (Å²) in [7, 11) is 0. The maximum atomic E-state index is 14.6. The van der Waals surface area contributed by atoms with Crippen LogP contribution in [0.4, 0.5) is 22.0 Å². The predicted molar refractivity (Wildman–Crippen MR) is 115 cm³/mol. The Bertz CT molecular complexity index is 720. The fourth-order valence-corrected chi connectivity index (χ4v) is 5.31. The average Bonchev–Trinajstić information content (AvgIpc) is 2.73. The summed E-state index contributed by atoms with van der Waals surface area (Å²) < 4.78 is 64.6. The zero-order valence-electron chi connectivity index (χ0n) is 18.5. The van der Waals surface area contributed by atoms with Crippen LogP contribution in [0.15, 0.2) is 30.1 Å². The molecule has 0 bridgehead atoms. The number of allylic oxidation sites excluding steroid dienone is 2. The minimum atomic E-state index is -4.86. The van der Waals surface area contributed by atoms with Crippen LogP contribution in [-0.4, -0.2) is 6.18 Å². The van der Waals surface area contributed by atoms with E-state index < -0.39 is 12.0 Å². The Labute approximate surface area is 183 Å². The molecule has 0 saturated heterocycles. The van der Waals surface area contributed by atoms with E-state index in [1.165, 1.54) is 12.8 Å². The maximum Gasteiger partial charge on any atom is 0.442 e. The molecule has 2 aliphatic rings. The highest BCUT2D eigenvalue weighted by Crippen LogP contribution is 2.37. The van der Waals surface area contributed by atoms with Gasteiger partial charge in [0.25, 0.3) is 0 Å². The fraction of sp³-hybridized carbons (Fsp3) is 0.692. The normalized spacial score (nSPS) is 28.0. The molecule has 174 valence electrons. The summed E-state index contributed by atoms with van der Waals surface area (Å²) >= 11 is 0. The van der Waals surface area contributed by atoms with Gasteiger partial charge in [-0.05, 0) is 98.3 Å². The summed E-state index contributed by atoms with van der Waals surface area (Å²) in [6, 6.07) is 5.80. The van der Waals surface area contributed by atoms with Gasteiger partial charge in [-0.2, -0.15) is 13.2 Å². The number of alkyl halides is 3. The van der Waals surface area contributed by atoms with Crippen LogP contribution in [0.2, 0.25) is 0 Å². The first-order valence-corrected chi connectivity index (χ1v) is 11.9. The van der Waals surface area contributed by atoms with E-state index in [0.717, 1.165) is 74.5 Å². The third-order valence-electron chi connectivity index (χ3n) is 7.42. The number of halogens is 5. The lowest BCUT2D eigenvalue weighted by Crippen LogP contribution is -2.16. The number of hydrogen-bond acceptors (Lipinski definition) is 0. The Morgan fingerprint density at radius 3 is 2.26 bits per heavy atom. The quantitative estimate of drug-likeness (QED) is 0.292. The minimum absolute atomic E-state index is 0.0879. The van der Waals surface area contributed by atoms with Gasteiger partial charge in [-0.25, -0.2) is 8.78 Å². The molecule has 0 spiro atoms. The second-order valence-electron chi connectivity index (χ2n) is 9.85. The highest BCUT2D eigenvalue weighted by Gasteiger charge is 2.35. The molecule has 0 N–H and O–H groups in total. The van der Waals surface area contributed by atoms with Crippen molar-refractivity contribution in [2.45, 2.75) is 96.1 Å². The SMILES string of the molecule is CC1CCC(c2ccc(CCCCC3CCC(C=C(F)C(F)(F)F)CC3)c(F)c2)CC1. The molecule has 0 aromatic heterocycles. The summed E-state index contributed by atoms with van der Waals surface area (Å²) in [5.74, 6) is -0.586. The van der Waals surface area contributed by atoms with Gasteiger partial charge < -0.3 is 0 Å². The molecule has 3 rings (SSSR count). The smallest absolute Gasteiger partial charge is 0.207 e. The topological polar surface area (TPSA) is 0 Å². The Balaban J connectivity index is 1.37. The second kappa shape index (κ2) is 11.0. The molecule has 2 saturated carbocycles. The largest absolute Gasteiger partial charge is 0.442 e. The van der Waals surface area contributed by atoms with E-state index in [-0.39, 0.29) is 11.7 Å². The van der Waals surface area contributed by atoms with Crippen LogP contribution in [0.5, 0.6) is 0 Å². The molecular weight excluding hydrogens is 407 g/mol. The average molecular weight is 443 g/mol. The van der Waals surface area contributed by atoms with Gasteiger partial charge in [0.05, 0.1) is 0 Å². The van der Waals surface area contributed by atoms with Crippen molar-refractivity contribution in [2.24, 2.45) is 17.8 Å². The van der Waals surface area contributed by atoms with Crippen LogP contribution < -0.4 is 0 Å². The summed E-state index contributed by atoms with van der Waals surface area (Å²) in [5.41, 5.74) is 1.92. The van der Waals surface area contributed by atoms with Crippen molar-refractivity contribution in [3.8, 4) is 0 Å². The van der Waals surface area contributed by atoms with Crippen LogP contribution in [0.3, 0.4) is 0 Å². The molecule has 1 aromatic carbocycles. The van der Waals surface area contributed by atoms with Crippen LogP contribution in [0.1, 0.15) is 94.6 Å². The van der Waals surface area contributed by atoms with Gasteiger partial charge in [-0.1, -0.05) is 44.7 Å².